The summed E-state index contributed by atoms with van der Waals surface area (Å²) in [6, 6.07) is 8.90. The number of piperidine rings is 1. The molecule has 1 N–H and O–H groups in total. The lowest BCUT2D eigenvalue weighted by Gasteiger charge is -2.40. The van der Waals surface area contributed by atoms with Crippen molar-refractivity contribution in [2.45, 2.75) is 33.2 Å². The van der Waals surface area contributed by atoms with Gasteiger partial charge in [-0.2, -0.15) is 0 Å². The van der Waals surface area contributed by atoms with Crippen LogP contribution in [0.2, 0.25) is 0 Å². The zero-order valence-electron chi connectivity index (χ0n) is 15.4. The largest absolute Gasteiger partial charge is 0.396 e. The van der Waals surface area contributed by atoms with Crippen molar-refractivity contribution in [3.8, 4) is 0 Å². The molecule has 2 aliphatic heterocycles. The van der Waals surface area contributed by atoms with E-state index in [0.717, 1.165) is 58.8 Å². The molecule has 2 heterocycles. The Labute approximate surface area is 147 Å². The third-order valence-electron chi connectivity index (χ3n) is 5.79. The molecular formula is C20H33N3O. The van der Waals surface area contributed by atoms with Crippen molar-refractivity contribution in [3.05, 3.63) is 29.8 Å². The van der Waals surface area contributed by atoms with E-state index in [0.29, 0.717) is 6.61 Å². The van der Waals surface area contributed by atoms with Crippen molar-refractivity contribution in [2.75, 3.05) is 57.3 Å². The van der Waals surface area contributed by atoms with Gasteiger partial charge in [0.2, 0.25) is 0 Å². The fourth-order valence-electron chi connectivity index (χ4n) is 4.19. The quantitative estimate of drug-likeness (QED) is 0.897. The van der Waals surface area contributed by atoms with E-state index in [1.54, 1.807) is 0 Å². The number of likely N-dealkylation sites (tertiary alicyclic amines) is 1. The van der Waals surface area contributed by atoms with Crippen LogP contribution in [0.5, 0.6) is 0 Å². The standard InChI is InChI=1S/C20H33N3O/c1-3-21-11-13-23(14-12-21)19-8-5-4-7-18(19)15-22-10-6-9-20(2,16-22)17-24/h4-5,7-8,24H,3,6,9-17H2,1-2H3. The second kappa shape index (κ2) is 7.85. The maximum absolute atomic E-state index is 9.70. The first-order valence-corrected chi connectivity index (χ1v) is 9.52. The number of hydrogen-bond donors (Lipinski definition) is 1. The number of nitrogens with zero attached hydrogens (tertiary/aromatic N) is 3. The summed E-state index contributed by atoms with van der Waals surface area (Å²) in [5.74, 6) is 0. The van der Waals surface area contributed by atoms with Gasteiger partial charge in [-0.25, -0.2) is 0 Å². The van der Waals surface area contributed by atoms with Crippen molar-refractivity contribution in [2.24, 2.45) is 5.41 Å². The molecule has 0 aliphatic carbocycles. The molecule has 0 bridgehead atoms. The molecule has 134 valence electrons. The first-order valence-electron chi connectivity index (χ1n) is 9.52. The molecular weight excluding hydrogens is 298 g/mol. The maximum atomic E-state index is 9.70. The Morgan fingerprint density at radius 1 is 1.04 bits per heavy atom. The van der Waals surface area contributed by atoms with Gasteiger partial charge in [-0.1, -0.05) is 32.0 Å². The van der Waals surface area contributed by atoms with Crippen LogP contribution in [0.4, 0.5) is 5.69 Å². The number of aliphatic hydroxyl groups is 1. The zero-order valence-corrected chi connectivity index (χ0v) is 15.4. The van der Waals surface area contributed by atoms with Crippen LogP contribution < -0.4 is 4.90 Å². The monoisotopic (exact) mass is 331 g/mol. The van der Waals surface area contributed by atoms with Crippen LogP contribution in [-0.4, -0.2) is 67.3 Å². The number of anilines is 1. The maximum Gasteiger partial charge on any atom is 0.0497 e. The molecule has 1 unspecified atom stereocenters. The average Bonchev–Trinajstić information content (AvgIpc) is 2.62. The van der Waals surface area contributed by atoms with Gasteiger partial charge < -0.3 is 14.9 Å². The van der Waals surface area contributed by atoms with Crippen LogP contribution in [0.3, 0.4) is 0 Å². The van der Waals surface area contributed by atoms with E-state index >= 15 is 0 Å². The fraction of sp³-hybridized carbons (Fsp3) is 0.700. The van der Waals surface area contributed by atoms with E-state index in [1.807, 2.05) is 0 Å². The fourth-order valence-corrected chi connectivity index (χ4v) is 4.19. The third-order valence-corrected chi connectivity index (χ3v) is 5.79. The molecule has 2 fully saturated rings. The van der Waals surface area contributed by atoms with Gasteiger partial charge >= 0.3 is 0 Å². The molecule has 4 nitrogen and oxygen atoms in total. The Kier molecular flexibility index (Phi) is 5.80. The number of hydrogen-bond acceptors (Lipinski definition) is 4. The highest BCUT2D eigenvalue weighted by Gasteiger charge is 2.30. The summed E-state index contributed by atoms with van der Waals surface area (Å²) in [5.41, 5.74) is 2.91. The number of aliphatic hydroxyl groups excluding tert-OH is 1. The minimum absolute atomic E-state index is 0.0694. The highest BCUT2D eigenvalue weighted by molar-refractivity contribution is 5.54. The van der Waals surface area contributed by atoms with Crippen LogP contribution in [0.15, 0.2) is 24.3 Å². The van der Waals surface area contributed by atoms with E-state index in [9.17, 15) is 5.11 Å². The molecule has 0 spiro atoms. The van der Waals surface area contributed by atoms with Crippen molar-refractivity contribution in [3.63, 3.8) is 0 Å². The molecule has 4 heteroatoms. The number of likely N-dealkylation sites (N-methyl/N-ethyl adjacent to an activating group) is 1. The van der Waals surface area contributed by atoms with E-state index in [1.165, 1.54) is 17.7 Å². The molecule has 0 aromatic heterocycles. The molecule has 2 aliphatic rings. The normalized spacial score (nSPS) is 26.7. The first-order chi connectivity index (χ1) is 11.6. The molecule has 3 rings (SSSR count). The highest BCUT2D eigenvalue weighted by atomic mass is 16.3. The topological polar surface area (TPSA) is 30.0 Å². The summed E-state index contributed by atoms with van der Waals surface area (Å²) >= 11 is 0. The predicted octanol–water partition coefficient (Wildman–Crippen LogP) is 2.42. The van der Waals surface area contributed by atoms with Gasteiger partial charge in [0.1, 0.15) is 0 Å². The van der Waals surface area contributed by atoms with Crippen molar-refractivity contribution in [1.82, 2.24) is 9.80 Å². The molecule has 0 saturated carbocycles. The Hall–Kier alpha value is -1.10. The second-order valence-corrected chi connectivity index (χ2v) is 7.83. The summed E-state index contributed by atoms with van der Waals surface area (Å²) in [5, 5.41) is 9.70. The Bertz CT molecular complexity index is 527. The summed E-state index contributed by atoms with van der Waals surface area (Å²) in [6.45, 7) is 13.6. The Morgan fingerprint density at radius 2 is 1.79 bits per heavy atom. The van der Waals surface area contributed by atoms with Gasteiger partial charge in [-0.15, -0.1) is 0 Å². The van der Waals surface area contributed by atoms with Gasteiger partial charge in [-0.3, -0.25) is 4.90 Å². The number of benzene rings is 1. The smallest absolute Gasteiger partial charge is 0.0497 e. The van der Waals surface area contributed by atoms with Crippen molar-refractivity contribution in [1.29, 1.82) is 0 Å². The van der Waals surface area contributed by atoms with Gasteiger partial charge in [0, 0.05) is 57.0 Å². The summed E-state index contributed by atoms with van der Waals surface area (Å²) < 4.78 is 0. The lowest BCUT2D eigenvalue weighted by molar-refractivity contribution is 0.0430. The summed E-state index contributed by atoms with van der Waals surface area (Å²) in [4.78, 5) is 7.61. The van der Waals surface area contributed by atoms with Crippen LogP contribution in [-0.2, 0) is 6.54 Å². The minimum atomic E-state index is 0.0694. The predicted molar refractivity (Wildman–Crippen MR) is 100 cm³/mol. The van der Waals surface area contributed by atoms with Crippen LogP contribution in [0.25, 0.3) is 0 Å². The highest BCUT2D eigenvalue weighted by Crippen LogP contribution is 2.31. The SMILES string of the molecule is CCN1CCN(c2ccccc2CN2CCCC(C)(CO)C2)CC1. The van der Waals surface area contributed by atoms with Gasteiger partial charge in [0.15, 0.2) is 0 Å². The van der Waals surface area contributed by atoms with E-state index in [4.69, 9.17) is 0 Å². The molecule has 1 atom stereocenters. The Morgan fingerprint density at radius 3 is 2.50 bits per heavy atom. The zero-order chi connectivity index (χ0) is 17.0. The lowest BCUT2D eigenvalue weighted by atomic mass is 9.82. The van der Waals surface area contributed by atoms with Gasteiger partial charge in [0.05, 0.1) is 0 Å². The molecule has 0 amide bonds. The minimum Gasteiger partial charge on any atom is -0.396 e. The molecule has 1 aromatic carbocycles. The Balaban J connectivity index is 1.68. The lowest BCUT2D eigenvalue weighted by Crippen LogP contribution is -2.47. The van der Waals surface area contributed by atoms with Gasteiger partial charge in [0.25, 0.3) is 0 Å². The van der Waals surface area contributed by atoms with Gasteiger partial charge in [-0.05, 0) is 37.6 Å². The first kappa shape index (κ1) is 17.7. The number of rotatable bonds is 5. The molecule has 24 heavy (non-hydrogen) atoms. The molecule has 0 radical (unpaired) electrons. The van der Waals surface area contributed by atoms with Crippen LogP contribution >= 0.6 is 0 Å². The second-order valence-electron chi connectivity index (χ2n) is 7.83. The third kappa shape index (κ3) is 4.11. The average molecular weight is 332 g/mol. The van der Waals surface area contributed by atoms with E-state index in [-0.39, 0.29) is 5.41 Å². The summed E-state index contributed by atoms with van der Waals surface area (Å²) in [6.07, 6.45) is 2.33. The molecule has 1 aromatic rings. The molecule has 2 saturated heterocycles. The van der Waals surface area contributed by atoms with Crippen LogP contribution in [0.1, 0.15) is 32.3 Å². The van der Waals surface area contributed by atoms with E-state index in [2.05, 4.69) is 52.8 Å². The van der Waals surface area contributed by atoms with Crippen molar-refractivity contribution < 1.29 is 5.11 Å². The summed E-state index contributed by atoms with van der Waals surface area (Å²) in [7, 11) is 0. The number of para-hydroxylation sites is 1. The van der Waals surface area contributed by atoms with Crippen LogP contribution in [0, 0.1) is 5.41 Å². The van der Waals surface area contributed by atoms with E-state index < -0.39 is 0 Å². The van der Waals surface area contributed by atoms with Crippen molar-refractivity contribution >= 4 is 5.69 Å². The number of piperazine rings is 1.